The number of halogens is 3. The Bertz CT molecular complexity index is 1800. The zero-order valence-corrected chi connectivity index (χ0v) is 23.3. The second-order valence-electron chi connectivity index (χ2n) is 8.29. The molecular weight excluding hydrogens is 571 g/mol. The summed E-state index contributed by atoms with van der Waals surface area (Å²) in [6, 6.07) is 12.9. The lowest BCUT2D eigenvalue weighted by molar-refractivity contribution is -0.136. The Morgan fingerprint density at radius 2 is 1.87 bits per heavy atom. The van der Waals surface area contributed by atoms with Crippen LogP contribution in [0.15, 0.2) is 74.0 Å². The number of fused-ring (bicyclic) bond motifs is 1. The van der Waals surface area contributed by atoms with Gasteiger partial charge < -0.3 is 13.9 Å². The van der Waals surface area contributed by atoms with Gasteiger partial charge in [0.05, 0.1) is 40.1 Å². The first-order chi connectivity index (χ1) is 18.2. The smallest absolute Gasteiger partial charge is 0.338 e. The Balaban J connectivity index is 1.67. The Hall–Kier alpha value is -3.30. The van der Waals surface area contributed by atoms with Crippen molar-refractivity contribution in [3.8, 4) is 17.1 Å². The van der Waals surface area contributed by atoms with Crippen LogP contribution in [-0.2, 0) is 9.53 Å². The second-order valence-corrected chi connectivity index (χ2v) is 10.6. The number of benzene rings is 2. The van der Waals surface area contributed by atoms with E-state index < -0.39 is 12.0 Å². The molecule has 7 nitrogen and oxygen atoms in total. The lowest BCUT2D eigenvalue weighted by Crippen LogP contribution is -2.40. The van der Waals surface area contributed by atoms with Gasteiger partial charge in [-0.2, -0.15) is 0 Å². The van der Waals surface area contributed by atoms with Gasteiger partial charge in [-0.1, -0.05) is 46.1 Å². The van der Waals surface area contributed by atoms with Crippen molar-refractivity contribution in [2.75, 3.05) is 14.2 Å². The molecule has 5 rings (SSSR count). The van der Waals surface area contributed by atoms with Crippen molar-refractivity contribution < 1.29 is 18.7 Å². The molecule has 0 saturated carbocycles. The highest BCUT2D eigenvalue weighted by Crippen LogP contribution is 2.37. The molecule has 0 amide bonds. The van der Waals surface area contributed by atoms with E-state index in [9.17, 15) is 9.59 Å². The van der Waals surface area contributed by atoms with Crippen LogP contribution in [0.3, 0.4) is 0 Å². The number of carbonyl (C=O) groups excluding carboxylic acids is 1. The van der Waals surface area contributed by atoms with E-state index in [0.29, 0.717) is 52.9 Å². The summed E-state index contributed by atoms with van der Waals surface area (Å²) < 4.78 is 18.4. The van der Waals surface area contributed by atoms with E-state index in [0.717, 1.165) is 5.56 Å². The zero-order valence-electron chi connectivity index (χ0n) is 20.3. The van der Waals surface area contributed by atoms with Gasteiger partial charge in [0, 0.05) is 22.2 Å². The molecule has 38 heavy (non-hydrogen) atoms. The van der Waals surface area contributed by atoms with Gasteiger partial charge in [-0.05, 0) is 55.5 Å². The van der Waals surface area contributed by atoms with Gasteiger partial charge in [0.2, 0.25) is 0 Å². The largest absolute Gasteiger partial charge is 0.496 e. The van der Waals surface area contributed by atoms with Crippen molar-refractivity contribution in [2.45, 2.75) is 13.0 Å². The summed E-state index contributed by atoms with van der Waals surface area (Å²) >= 11 is 19.7. The molecule has 1 atom stereocenters. The molecule has 4 aromatic rings. The third-order valence-electron chi connectivity index (χ3n) is 6.02. The molecule has 1 aliphatic rings. The summed E-state index contributed by atoms with van der Waals surface area (Å²) in [5.74, 6) is 0.873. The molecule has 0 saturated heterocycles. The molecule has 3 heterocycles. The number of furan rings is 1. The number of methoxy groups -OCH3 is 2. The van der Waals surface area contributed by atoms with E-state index in [4.69, 9.17) is 48.7 Å². The molecule has 2 aromatic heterocycles. The molecule has 0 fully saturated rings. The molecule has 1 aliphatic heterocycles. The topological polar surface area (TPSA) is 83.0 Å². The van der Waals surface area contributed by atoms with Gasteiger partial charge in [-0.25, -0.2) is 9.79 Å². The van der Waals surface area contributed by atoms with Crippen LogP contribution >= 0.6 is 46.1 Å². The van der Waals surface area contributed by atoms with Crippen LogP contribution in [0.25, 0.3) is 17.4 Å². The first kappa shape index (κ1) is 26.3. The number of ether oxygens (including phenoxy) is 2. The molecular formula is C27H19Cl3N2O5S. The quantitative estimate of drug-likeness (QED) is 0.282. The minimum atomic E-state index is -0.863. The maximum absolute atomic E-state index is 13.8. The third-order valence-corrected chi connectivity index (χ3v) is 7.97. The molecule has 11 heteroatoms. The van der Waals surface area contributed by atoms with Crippen LogP contribution in [0.2, 0.25) is 15.1 Å². The monoisotopic (exact) mass is 588 g/mol. The minimum Gasteiger partial charge on any atom is -0.496 e. The van der Waals surface area contributed by atoms with E-state index in [1.807, 2.05) is 0 Å². The highest BCUT2D eigenvalue weighted by atomic mass is 35.5. The normalized spacial score (nSPS) is 15.3. The van der Waals surface area contributed by atoms with Crippen molar-refractivity contribution in [1.82, 2.24) is 4.57 Å². The number of allylic oxidation sites excluding steroid dienone is 1. The molecule has 0 aliphatic carbocycles. The first-order valence-corrected chi connectivity index (χ1v) is 13.2. The Labute approximate surface area is 235 Å². The minimum absolute atomic E-state index is 0.215. The average Bonchev–Trinajstić information content (AvgIpc) is 3.48. The number of carbonyl (C=O) groups is 1. The van der Waals surface area contributed by atoms with Gasteiger partial charge in [0.1, 0.15) is 23.3 Å². The van der Waals surface area contributed by atoms with Crippen molar-refractivity contribution in [3.05, 3.63) is 106 Å². The molecule has 0 spiro atoms. The average molecular weight is 590 g/mol. The van der Waals surface area contributed by atoms with E-state index >= 15 is 0 Å². The summed E-state index contributed by atoms with van der Waals surface area (Å²) in [4.78, 5) is 31.6. The SMILES string of the molecule is COC(=O)C1=C(C)N=c2s/c(=C\c3ccc(-c4ccc(Cl)c(Cl)c4)o3)c(=O)n2[C@@H]1c1cc(Cl)ccc1OC. The standard InChI is InChI=1S/C27H19Cl3N2O5S/c1-13-23(26(34)36-3)24(17-11-15(28)5-8-21(17)35-2)32-25(33)22(38-27(32)31-13)12-16-6-9-20(37-16)14-4-7-18(29)19(30)10-14/h4-12,24H,1-3H3/b22-12-/t24-/m1/s1. The lowest BCUT2D eigenvalue weighted by Gasteiger charge is -2.25. The molecule has 2 aromatic carbocycles. The van der Waals surface area contributed by atoms with Gasteiger partial charge in [-0.3, -0.25) is 9.36 Å². The molecule has 194 valence electrons. The van der Waals surface area contributed by atoms with Gasteiger partial charge in [0.15, 0.2) is 4.80 Å². The number of thiazole rings is 1. The highest BCUT2D eigenvalue weighted by molar-refractivity contribution is 7.07. The Morgan fingerprint density at radius 3 is 2.58 bits per heavy atom. The van der Waals surface area contributed by atoms with E-state index in [2.05, 4.69) is 4.99 Å². The molecule has 0 unspecified atom stereocenters. The summed E-state index contributed by atoms with van der Waals surface area (Å²) in [7, 11) is 2.79. The Kier molecular flexibility index (Phi) is 7.24. The first-order valence-electron chi connectivity index (χ1n) is 11.2. The van der Waals surface area contributed by atoms with E-state index in [1.54, 1.807) is 61.5 Å². The van der Waals surface area contributed by atoms with Crippen molar-refractivity contribution in [2.24, 2.45) is 4.99 Å². The number of rotatable bonds is 5. The van der Waals surface area contributed by atoms with Gasteiger partial charge >= 0.3 is 5.97 Å². The molecule has 0 radical (unpaired) electrons. The fraction of sp³-hybridized carbons (Fsp3) is 0.148. The summed E-state index contributed by atoms with van der Waals surface area (Å²) in [6.07, 6.45) is 1.63. The van der Waals surface area contributed by atoms with Crippen LogP contribution in [0.4, 0.5) is 0 Å². The maximum atomic E-state index is 13.8. The summed E-state index contributed by atoms with van der Waals surface area (Å²) in [5, 5.41) is 1.27. The van der Waals surface area contributed by atoms with Crippen molar-refractivity contribution in [1.29, 1.82) is 0 Å². The fourth-order valence-corrected chi connectivity index (χ4v) is 5.78. The van der Waals surface area contributed by atoms with Crippen molar-refractivity contribution in [3.63, 3.8) is 0 Å². The number of aromatic nitrogens is 1. The number of hydrogen-bond acceptors (Lipinski definition) is 7. The number of hydrogen-bond donors (Lipinski definition) is 0. The second kappa shape index (κ2) is 10.5. The Morgan fingerprint density at radius 1 is 1.08 bits per heavy atom. The van der Waals surface area contributed by atoms with E-state index in [1.165, 1.54) is 30.1 Å². The zero-order chi connectivity index (χ0) is 27.1. The summed E-state index contributed by atoms with van der Waals surface area (Å²) in [5.41, 5.74) is 1.56. The van der Waals surface area contributed by atoms with Crippen LogP contribution in [0.1, 0.15) is 24.3 Å². The fourth-order valence-electron chi connectivity index (χ4n) is 4.27. The van der Waals surface area contributed by atoms with E-state index in [-0.39, 0.29) is 11.1 Å². The lowest BCUT2D eigenvalue weighted by atomic mass is 9.95. The predicted octanol–water partition coefficient (Wildman–Crippen LogP) is 5.64. The van der Waals surface area contributed by atoms with Crippen LogP contribution in [0.5, 0.6) is 5.75 Å². The molecule has 0 N–H and O–H groups in total. The molecule has 0 bridgehead atoms. The van der Waals surface area contributed by atoms with Crippen LogP contribution in [-0.4, -0.2) is 24.8 Å². The van der Waals surface area contributed by atoms with Crippen LogP contribution < -0.4 is 19.6 Å². The highest BCUT2D eigenvalue weighted by Gasteiger charge is 2.35. The van der Waals surface area contributed by atoms with Gasteiger partial charge in [-0.15, -0.1) is 0 Å². The van der Waals surface area contributed by atoms with Crippen molar-refractivity contribution >= 4 is 58.2 Å². The summed E-state index contributed by atoms with van der Waals surface area (Å²) in [6.45, 7) is 1.70. The number of esters is 1. The predicted molar refractivity (Wildman–Crippen MR) is 148 cm³/mol. The number of nitrogens with zero attached hydrogens (tertiary/aromatic N) is 2. The van der Waals surface area contributed by atoms with Gasteiger partial charge in [0.25, 0.3) is 5.56 Å². The third kappa shape index (κ3) is 4.69. The maximum Gasteiger partial charge on any atom is 0.338 e. The van der Waals surface area contributed by atoms with Crippen LogP contribution in [0, 0.1) is 0 Å².